The normalized spacial score (nSPS) is 10.0. The fourth-order valence-electron chi connectivity index (χ4n) is 1.79. The van der Waals surface area contributed by atoms with Gasteiger partial charge in [0.1, 0.15) is 10.6 Å². The van der Waals surface area contributed by atoms with Crippen LogP contribution in [0.1, 0.15) is 25.6 Å². The van der Waals surface area contributed by atoms with Gasteiger partial charge in [-0.15, -0.1) is 11.3 Å². The van der Waals surface area contributed by atoms with E-state index in [4.69, 9.17) is 9.47 Å². The van der Waals surface area contributed by atoms with Crippen LogP contribution in [0, 0.1) is 6.92 Å². The van der Waals surface area contributed by atoms with Gasteiger partial charge in [0.05, 0.1) is 19.2 Å². The molecule has 0 unspecified atom stereocenters. The smallest absolute Gasteiger partial charge is 0.348 e. The Labute approximate surface area is 126 Å². The summed E-state index contributed by atoms with van der Waals surface area (Å²) < 4.78 is 9.78. The Morgan fingerprint density at radius 2 is 1.95 bits per heavy atom. The molecule has 0 saturated heterocycles. The third kappa shape index (κ3) is 3.41. The predicted octanol–water partition coefficient (Wildman–Crippen LogP) is 3.10. The number of carbonyl (C=O) groups excluding carboxylic acids is 2. The number of aryl methyl sites for hydroxylation is 1. The van der Waals surface area contributed by atoms with E-state index in [1.165, 1.54) is 18.4 Å². The van der Waals surface area contributed by atoms with Gasteiger partial charge in [-0.3, -0.25) is 4.79 Å². The molecule has 1 aromatic heterocycles. The van der Waals surface area contributed by atoms with Gasteiger partial charge in [0.2, 0.25) is 0 Å². The zero-order chi connectivity index (χ0) is 15.4. The average Bonchev–Trinajstić information content (AvgIpc) is 2.87. The van der Waals surface area contributed by atoms with E-state index < -0.39 is 5.97 Å². The number of carbonyl (C=O) groups is 2. The van der Waals surface area contributed by atoms with E-state index in [1.54, 1.807) is 44.4 Å². The molecule has 2 rings (SSSR count). The minimum atomic E-state index is -0.403. The van der Waals surface area contributed by atoms with Crippen molar-refractivity contribution in [1.29, 1.82) is 0 Å². The molecule has 0 fully saturated rings. The lowest BCUT2D eigenvalue weighted by Crippen LogP contribution is -2.10. The van der Waals surface area contributed by atoms with Crippen molar-refractivity contribution >= 4 is 28.2 Å². The number of amides is 1. The molecule has 2 aromatic rings. The van der Waals surface area contributed by atoms with Crippen LogP contribution in [0.3, 0.4) is 0 Å². The summed E-state index contributed by atoms with van der Waals surface area (Å²) in [5.41, 5.74) is 1.26. The number of hydrogen-bond donors (Lipinski definition) is 1. The van der Waals surface area contributed by atoms with Gasteiger partial charge in [0, 0.05) is 5.56 Å². The Morgan fingerprint density at radius 3 is 2.62 bits per heavy atom. The second kappa shape index (κ2) is 6.41. The van der Waals surface area contributed by atoms with Crippen LogP contribution in [-0.2, 0) is 4.74 Å². The number of rotatable bonds is 4. The van der Waals surface area contributed by atoms with Crippen LogP contribution in [-0.4, -0.2) is 26.1 Å². The largest absolute Gasteiger partial charge is 0.497 e. The van der Waals surface area contributed by atoms with Crippen molar-refractivity contribution in [3.8, 4) is 5.75 Å². The summed E-state index contributed by atoms with van der Waals surface area (Å²) in [5.74, 6) is -0.0498. The zero-order valence-electron chi connectivity index (χ0n) is 11.9. The number of anilines is 1. The van der Waals surface area contributed by atoms with Crippen molar-refractivity contribution in [2.75, 3.05) is 19.5 Å². The van der Waals surface area contributed by atoms with Crippen LogP contribution in [0.5, 0.6) is 5.75 Å². The molecular weight excluding hydrogens is 290 g/mol. The van der Waals surface area contributed by atoms with Crippen LogP contribution in [0.25, 0.3) is 0 Å². The fraction of sp³-hybridized carbons (Fsp3) is 0.200. The topological polar surface area (TPSA) is 64.6 Å². The first-order valence-corrected chi connectivity index (χ1v) is 7.01. The molecule has 0 spiro atoms. The number of methoxy groups -OCH3 is 2. The number of esters is 1. The first kappa shape index (κ1) is 15.1. The summed E-state index contributed by atoms with van der Waals surface area (Å²) in [6.45, 7) is 1.80. The molecule has 0 atom stereocenters. The van der Waals surface area contributed by atoms with Gasteiger partial charge in [-0.2, -0.15) is 0 Å². The lowest BCUT2D eigenvalue weighted by Gasteiger charge is -2.04. The van der Waals surface area contributed by atoms with Gasteiger partial charge in [-0.1, -0.05) is 6.07 Å². The van der Waals surface area contributed by atoms with E-state index in [-0.39, 0.29) is 5.91 Å². The van der Waals surface area contributed by atoms with Crippen molar-refractivity contribution in [3.05, 3.63) is 46.3 Å². The van der Waals surface area contributed by atoms with E-state index in [2.05, 4.69) is 5.32 Å². The van der Waals surface area contributed by atoms with Crippen molar-refractivity contribution in [2.45, 2.75) is 6.92 Å². The first-order chi connectivity index (χ1) is 10.0. The maximum atomic E-state index is 12.2. The second-order valence-electron chi connectivity index (χ2n) is 4.30. The van der Waals surface area contributed by atoms with Gasteiger partial charge in [-0.05, 0) is 36.8 Å². The maximum absolute atomic E-state index is 12.2. The lowest BCUT2D eigenvalue weighted by molar-refractivity contribution is 0.0605. The monoisotopic (exact) mass is 305 g/mol. The molecule has 6 heteroatoms. The van der Waals surface area contributed by atoms with Crippen LogP contribution in [0.2, 0.25) is 0 Å². The zero-order valence-corrected chi connectivity index (χ0v) is 12.7. The molecule has 0 aliphatic heterocycles. The van der Waals surface area contributed by atoms with Gasteiger partial charge in [-0.25, -0.2) is 4.79 Å². The Morgan fingerprint density at radius 1 is 1.19 bits per heavy atom. The molecule has 0 aliphatic rings. The van der Waals surface area contributed by atoms with E-state index in [0.717, 1.165) is 5.56 Å². The van der Waals surface area contributed by atoms with Crippen LogP contribution >= 0.6 is 11.3 Å². The highest BCUT2D eigenvalue weighted by molar-refractivity contribution is 7.18. The summed E-state index contributed by atoms with van der Waals surface area (Å²) in [4.78, 5) is 24.2. The van der Waals surface area contributed by atoms with Gasteiger partial charge in [0.25, 0.3) is 5.91 Å². The van der Waals surface area contributed by atoms with Gasteiger partial charge < -0.3 is 14.8 Å². The minimum absolute atomic E-state index is 0.258. The van der Waals surface area contributed by atoms with Crippen molar-refractivity contribution < 1.29 is 19.1 Å². The molecule has 0 saturated carbocycles. The summed E-state index contributed by atoms with van der Waals surface area (Å²) in [6.07, 6.45) is 0. The highest BCUT2D eigenvalue weighted by atomic mass is 32.1. The fourth-order valence-corrected chi connectivity index (χ4v) is 2.77. The van der Waals surface area contributed by atoms with E-state index in [0.29, 0.717) is 21.2 Å². The van der Waals surface area contributed by atoms with Crippen molar-refractivity contribution in [2.24, 2.45) is 0 Å². The Hall–Kier alpha value is -2.34. The Balaban J connectivity index is 2.17. The number of ether oxygens (including phenoxy) is 2. The number of nitrogens with one attached hydrogen (secondary N) is 1. The molecule has 21 heavy (non-hydrogen) atoms. The number of thiophene rings is 1. The summed E-state index contributed by atoms with van der Waals surface area (Å²) in [7, 11) is 2.87. The van der Waals surface area contributed by atoms with Crippen molar-refractivity contribution in [3.63, 3.8) is 0 Å². The van der Waals surface area contributed by atoms with Crippen LogP contribution in [0.4, 0.5) is 5.00 Å². The van der Waals surface area contributed by atoms with Gasteiger partial charge >= 0.3 is 5.97 Å². The molecule has 1 N–H and O–H groups in total. The average molecular weight is 305 g/mol. The molecule has 1 heterocycles. The quantitative estimate of drug-likeness (QED) is 0.882. The number of benzene rings is 1. The third-order valence-corrected chi connectivity index (χ3v) is 3.99. The molecule has 5 nitrogen and oxygen atoms in total. The first-order valence-electron chi connectivity index (χ1n) is 6.19. The third-order valence-electron chi connectivity index (χ3n) is 2.86. The molecule has 1 amide bonds. The second-order valence-corrected chi connectivity index (χ2v) is 5.35. The minimum Gasteiger partial charge on any atom is -0.497 e. The molecule has 1 aromatic carbocycles. The SMILES string of the molecule is COC(=O)c1sc(NC(=O)c2cccc(OC)c2)cc1C. The highest BCUT2D eigenvalue weighted by Gasteiger charge is 2.16. The van der Waals surface area contributed by atoms with Crippen LogP contribution in [0.15, 0.2) is 30.3 Å². The molecule has 0 aliphatic carbocycles. The van der Waals surface area contributed by atoms with Crippen LogP contribution < -0.4 is 10.1 Å². The maximum Gasteiger partial charge on any atom is 0.348 e. The predicted molar refractivity (Wildman–Crippen MR) is 81.3 cm³/mol. The lowest BCUT2D eigenvalue weighted by atomic mass is 10.2. The van der Waals surface area contributed by atoms with E-state index in [9.17, 15) is 9.59 Å². The van der Waals surface area contributed by atoms with E-state index in [1.807, 2.05) is 0 Å². The molecule has 0 radical (unpaired) electrons. The Bertz CT molecular complexity index is 678. The van der Waals surface area contributed by atoms with Crippen molar-refractivity contribution in [1.82, 2.24) is 0 Å². The molecule has 110 valence electrons. The van der Waals surface area contributed by atoms with Gasteiger partial charge in [0.15, 0.2) is 0 Å². The number of hydrogen-bond acceptors (Lipinski definition) is 5. The highest BCUT2D eigenvalue weighted by Crippen LogP contribution is 2.27. The molecular formula is C15H15NO4S. The Kier molecular flexibility index (Phi) is 4.59. The van der Waals surface area contributed by atoms with E-state index >= 15 is 0 Å². The summed E-state index contributed by atoms with van der Waals surface area (Å²) in [5, 5.41) is 3.36. The standard InChI is InChI=1S/C15H15NO4S/c1-9-7-12(21-13(9)15(18)20-3)16-14(17)10-5-4-6-11(8-10)19-2/h4-8H,1-3H3,(H,16,17). The summed E-state index contributed by atoms with van der Waals surface area (Å²) >= 11 is 1.19. The summed E-state index contributed by atoms with van der Waals surface area (Å²) in [6, 6.07) is 8.60. The molecule has 0 bridgehead atoms.